The molecule has 1 fully saturated rings. The Kier molecular flexibility index (Phi) is 8.88. The van der Waals surface area contributed by atoms with Gasteiger partial charge < -0.3 is 20.3 Å². The Morgan fingerprint density at radius 2 is 1.81 bits per heavy atom. The van der Waals surface area contributed by atoms with Gasteiger partial charge in [-0.05, 0) is 37.9 Å². The van der Waals surface area contributed by atoms with E-state index in [1.54, 1.807) is 18.2 Å². The van der Waals surface area contributed by atoms with Crippen LogP contribution in [0.15, 0.2) is 24.3 Å². The fourth-order valence-corrected chi connectivity index (χ4v) is 3.15. The Bertz CT molecular complexity index is 601. The highest BCUT2D eigenvalue weighted by Crippen LogP contribution is 2.19. The van der Waals surface area contributed by atoms with E-state index in [9.17, 15) is 9.59 Å². The molecule has 0 saturated carbocycles. The molecular weight excluding hydrogens is 354 g/mol. The average molecular weight is 384 g/mol. The van der Waals surface area contributed by atoms with Gasteiger partial charge >= 0.3 is 0 Å². The van der Waals surface area contributed by atoms with E-state index in [1.807, 2.05) is 31.9 Å². The molecule has 1 heterocycles. The van der Waals surface area contributed by atoms with E-state index in [0.29, 0.717) is 17.4 Å². The lowest BCUT2D eigenvalue weighted by molar-refractivity contribution is -0.135. The van der Waals surface area contributed by atoms with E-state index in [2.05, 4.69) is 10.6 Å². The zero-order valence-electron chi connectivity index (χ0n) is 16.0. The summed E-state index contributed by atoms with van der Waals surface area (Å²) in [6.45, 7) is 5.34. The summed E-state index contributed by atoms with van der Waals surface area (Å²) < 4.78 is 5.25. The second kappa shape index (κ2) is 10.4. The highest BCUT2D eigenvalue weighted by molar-refractivity contribution is 5.99. The van der Waals surface area contributed by atoms with Gasteiger partial charge in [0.05, 0.1) is 12.7 Å². The number of rotatable bonds is 6. The number of nitrogens with zero attached hydrogens (tertiary/aromatic N) is 1. The summed E-state index contributed by atoms with van der Waals surface area (Å²) >= 11 is 0. The summed E-state index contributed by atoms with van der Waals surface area (Å²) in [5.74, 6) is 0.223. The number of carbonyl (C=O) groups is 2. The van der Waals surface area contributed by atoms with Gasteiger partial charge in [-0.15, -0.1) is 12.4 Å². The molecule has 1 aromatic carbocycles. The van der Waals surface area contributed by atoms with E-state index < -0.39 is 6.04 Å². The number of nitrogens with one attached hydrogen (secondary N) is 2. The first-order valence-corrected chi connectivity index (χ1v) is 8.87. The van der Waals surface area contributed by atoms with Crippen LogP contribution in [0.5, 0.6) is 5.75 Å². The fraction of sp³-hybridized carbons (Fsp3) is 0.579. The van der Waals surface area contributed by atoms with Crippen molar-refractivity contribution in [1.29, 1.82) is 0 Å². The zero-order valence-corrected chi connectivity index (χ0v) is 16.8. The third-order valence-corrected chi connectivity index (χ3v) is 4.79. The number of benzene rings is 1. The maximum Gasteiger partial charge on any atom is 0.255 e. The van der Waals surface area contributed by atoms with Crippen LogP contribution in [0.4, 0.5) is 0 Å². The van der Waals surface area contributed by atoms with E-state index in [1.165, 1.54) is 7.11 Å². The van der Waals surface area contributed by atoms with Crippen LogP contribution in [-0.2, 0) is 4.79 Å². The minimum atomic E-state index is -0.538. The topological polar surface area (TPSA) is 70.7 Å². The molecule has 1 aliphatic rings. The number of piperidine rings is 1. The Morgan fingerprint density at radius 3 is 2.35 bits per heavy atom. The Balaban J connectivity index is 0.00000338. The monoisotopic (exact) mass is 383 g/mol. The molecule has 1 aromatic rings. The maximum absolute atomic E-state index is 12.9. The SMILES string of the molecule is CNC1CCN(C(=O)C(NC(=O)c2ccccc2OC)C(C)C)CC1.Cl. The highest BCUT2D eigenvalue weighted by atomic mass is 35.5. The van der Waals surface area contributed by atoms with Crippen molar-refractivity contribution in [1.82, 2.24) is 15.5 Å². The second-order valence-corrected chi connectivity index (χ2v) is 6.78. The molecule has 1 unspecified atom stereocenters. The van der Waals surface area contributed by atoms with Gasteiger partial charge in [0.2, 0.25) is 5.91 Å². The van der Waals surface area contributed by atoms with Crippen molar-refractivity contribution in [3.8, 4) is 5.75 Å². The van der Waals surface area contributed by atoms with E-state index >= 15 is 0 Å². The third kappa shape index (κ3) is 5.35. The highest BCUT2D eigenvalue weighted by Gasteiger charge is 2.31. The fourth-order valence-electron chi connectivity index (χ4n) is 3.15. The summed E-state index contributed by atoms with van der Waals surface area (Å²) in [5.41, 5.74) is 0.442. The van der Waals surface area contributed by atoms with E-state index in [0.717, 1.165) is 25.9 Å². The zero-order chi connectivity index (χ0) is 18.4. The number of halogens is 1. The smallest absolute Gasteiger partial charge is 0.255 e. The molecule has 26 heavy (non-hydrogen) atoms. The summed E-state index contributed by atoms with van der Waals surface area (Å²) in [5, 5.41) is 6.16. The van der Waals surface area contributed by atoms with Gasteiger partial charge in [-0.2, -0.15) is 0 Å². The first kappa shape index (κ1) is 22.3. The number of carbonyl (C=O) groups excluding carboxylic acids is 2. The molecule has 0 aromatic heterocycles. The lowest BCUT2D eigenvalue weighted by Crippen LogP contribution is -2.54. The Hall–Kier alpha value is -1.79. The molecule has 1 atom stereocenters. The number of hydrogen-bond donors (Lipinski definition) is 2. The molecule has 0 radical (unpaired) electrons. The van der Waals surface area contributed by atoms with Crippen LogP contribution in [0.2, 0.25) is 0 Å². The molecule has 146 valence electrons. The number of hydrogen-bond acceptors (Lipinski definition) is 4. The molecule has 0 aliphatic carbocycles. The molecule has 2 rings (SSSR count). The van der Waals surface area contributed by atoms with Crippen molar-refractivity contribution >= 4 is 24.2 Å². The van der Waals surface area contributed by atoms with E-state index in [4.69, 9.17) is 4.74 Å². The van der Waals surface area contributed by atoms with Gasteiger partial charge in [-0.3, -0.25) is 9.59 Å². The van der Waals surface area contributed by atoms with Crippen LogP contribution in [0, 0.1) is 5.92 Å². The predicted octanol–water partition coefficient (Wildman–Crippen LogP) is 2.08. The Labute approximate surface area is 162 Å². The largest absolute Gasteiger partial charge is 0.496 e. The summed E-state index contributed by atoms with van der Waals surface area (Å²) in [6, 6.07) is 6.96. The molecule has 7 heteroatoms. The van der Waals surface area contributed by atoms with Crippen LogP contribution in [0.3, 0.4) is 0 Å². The molecule has 1 saturated heterocycles. The van der Waals surface area contributed by atoms with Crippen molar-refractivity contribution in [3.05, 3.63) is 29.8 Å². The van der Waals surface area contributed by atoms with Crippen LogP contribution in [0.25, 0.3) is 0 Å². The lowest BCUT2D eigenvalue weighted by atomic mass is 9.99. The van der Waals surface area contributed by atoms with Gasteiger partial charge in [0.1, 0.15) is 11.8 Å². The van der Waals surface area contributed by atoms with Crippen molar-refractivity contribution in [3.63, 3.8) is 0 Å². The molecule has 1 aliphatic heterocycles. The molecule has 0 bridgehead atoms. The van der Waals surface area contributed by atoms with Crippen LogP contribution >= 0.6 is 12.4 Å². The van der Waals surface area contributed by atoms with E-state index in [-0.39, 0.29) is 30.1 Å². The third-order valence-electron chi connectivity index (χ3n) is 4.79. The van der Waals surface area contributed by atoms with Gasteiger partial charge in [-0.25, -0.2) is 0 Å². The Morgan fingerprint density at radius 1 is 1.19 bits per heavy atom. The van der Waals surface area contributed by atoms with Gasteiger partial charge in [0.15, 0.2) is 0 Å². The minimum absolute atomic E-state index is 0. The number of likely N-dealkylation sites (tertiary alicyclic amines) is 1. The first-order chi connectivity index (χ1) is 12.0. The standard InChI is InChI=1S/C19H29N3O3.ClH/c1-13(2)17(19(24)22-11-9-14(20-3)10-12-22)21-18(23)15-7-5-6-8-16(15)25-4;/h5-8,13-14,17,20H,9-12H2,1-4H3,(H,21,23);1H. The second-order valence-electron chi connectivity index (χ2n) is 6.78. The maximum atomic E-state index is 12.9. The summed E-state index contributed by atoms with van der Waals surface area (Å²) in [7, 11) is 3.48. The average Bonchev–Trinajstić information content (AvgIpc) is 2.65. The van der Waals surface area contributed by atoms with Crippen LogP contribution in [0.1, 0.15) is 37.0 Å². The van der Waals surface area contributed by atoms with Gasteiger partial charge in [0, 0.05) is 19.1 Å². The molecule has 6 nitrogen and oxygen atoms in total. The number of ether oxygens (including phenoxy) is 1. The van der Waals surface area contributed by atoms with Crippen molar-refractivity contribution in [2.75, 3.05) is 27.2 Å². The summed E-state index contributed by atoms with van der Waals surface area (Å²) in [6.07, 6.45) is 1.88. The van der Waals surface area contributed by atoms with Gasteiger partial charge in [0.25, 0.3) is 5.91 Å². The van der Waals surface area contributed by atoms with Crippen LogP contribution in [-0.4, -0.2) is 56.0 Å². The molecule has 2 N–H and O–H groups in total. The predicted molar refractivity (Wildman–Crippen MR) is 105 cm³/mol. The van der Waals surface area contributed by atoms with Crippen molar-refractivity contribution in [2.45, 2.75) is 38.8 Å². The van der Waals surface area contributed by atoms with Crippen molar-refractivity contribution in [2.24, 2.45) is 5.92 Å². The molecule has 0 spiro atoms. The molecule has 2 amide bonds. The number of amides is 2. The van der Waals surface area contributed by atoms with Crippen molar-refractivity contribution < 1.29 is 14.3 Å². The number of methoxy groups -OCH3 is 1. The first-order valence-electron chi connectivity index (χ1n) is 8.87. The summed E-state index contributed by atoms with van der Waals surface area (Å²) in [4.78, 5) is 27.4. The quantitative estimate of drug-likeness (QED) is 0.789. The number of para-hydroxylation sites is 1. The normalized spacial score (nSPS) is 16.0. The van der Waals surface area contributed by atoms with Gasteiger partial charge in [-0.1, -0.05) is 26.0 Å². The lowest BCUT2D eigenvalue weighted by Gasteiger charge is -2.35. The minimum Gasteiger partial charge on any atom is -0.496 e. The van der Waals surface area contributed by atoms with Crippen LogP contribution < -0.4 is 15.4 Å². The molecular formula is C19H30ClN3O3.